The summed E-state index contributed by atoms with van der Waals surface area (Å²) < 4.78 is 1.33. The van der Waals surface area contributed by atoms with Gasteiger partial charge in [-0.05, 0) is 42.3 Å². The summed E-state index contributed by atoms with van der Waals surface area (Å²) in [7, 11) is 0. The van der Waals surface area contributed by atoms with Crippen LogP contribution in [0.2, 0.25) is 0 Å². The van der Waals surface area contributed by atoms with Gasteiger partial charge in [0.1, 0.15) is 0 Å². The maximum atomic E-state index is 12.6. The van der Waals surface area contributed by atoms with Crippen LogP contribution in [-0.2, 0) is 17.8 Å². The Morgan fingerprint density at radius 3 is 2.84 bits per heavy atom. The first-order valence-electron chi connectivity index (χ1n) is 8.02. The summed E-state index contributed by atoms with van der Waals surface area (Å²) in [6, 6.07) is 12.3. The number of carbonyl (C=O) groups is 2. The number of carbonyl (C=O) groups excluding carboxylic acids is 2. The van der Waals surface area contributed by atoms with E-state index in [4.69, 9.17) is 0 Å². The van der Waals surface area contributed by atoms with E-state index < -0.39 is 0 Å². The van der Waals surface area contributed by atoms with Gasteiger partial charge in [-0.3, -0.25) is 19.0 Å². The number of Topliss-reactive ketones (excluding diaryl/α,β-unsaturated/α-hetero) is 1. The molecule has 0 unspecified atom stereocenters. The summed E-state index contributed by atoms with van der Waals surface area (Å²) in [5, 5.41) is 3.28. The first-order chi connectivity index (χ1) is 12.1. The third kappa shape index (κ3) is 2.82. The number of amides is 1. The van der Waals surface area contributed by atoms with Crippen LogP contribution in [0.3, 0.4) is 0 Å². The number of ketones is 1. The van der Waals surface area contributed by atoms with Crippen molar-refractivity contribution < 1.29 is 9.59 Å². The summed E-state index contributed by atoms with van der Waals surface area (Å²) in [6.07, 6.45) is 2.43. The molecule has 0 spiro atoms. The number of hydrogen-bond acceptors (Lipinski definition) is 4. The van der Waals surface area contributed by atoms with Gasteiger partial charge in [0, 0.05) is 17.7 Å². The third-order valence-electron chi connectivity index (χ3n) is 4.37. The van der Waals surface area contributed by atoms with Gasteiger partial charge in [-0.25, -0.2) is 4.98 Å². The van der Waals surface area contributed by atoms with Crippen molar-refractivity contribution in [3.05, 3.63) is 70.3 Å². The smallest absolute Gasteiger partial charge is 0.261 e. The van der Waals surface area contributed by atoms with Gasteiger partial charge in [0.05, 0.1) is 23.8 Å². The van der Waals surface area contributed by atoms with E-state index in [2.05, 4.69) is 10.3 Å². The molecule has 1 aliphatic heterocycles. The van der Waals surface area contributed by atoms with Gasteiger partial charge in [-0.15, -0.1) is 0 Å². The minimum Gasteiger partial charge on any atom is -0.326 e. The monoisotopic (exact) mass is 333 g/mol. The summed E-state index contributed by atoms with van der Waals surface area (Å²) in [6.45, 7) is -0.0676. The number of nitrogens with one attached hydrogen (secondary N) is 1. The molecule has 2 aromatic carbocycles. The Morgan fingerprint density at radius 2 is 1.96 bits per heavy atom. The van der Waals surface area contributed by atoms with Crippen LogP contribution in [0, 0.1) is 0 Å². The Balaban J connectivity index is 1.63. The molecule has 0 bridgehead atoms. The van der Waals surface area contributed by atoms with Crippen LogP contribution < -0.4 is 10.9 Å². The number of aryl methyl sites for hydroxylation is 1. The molecule has 3 aromatic rings. The molecule has 0 radical (unpaired) electrons. The fourth-order valence-electron chi connectivity index (χ4n) is 3.02. The molecule has 124 valence electrons. The highest BCUT2D eigenvalue weighted by Gasteiger charge is 2.17. The number of nitrogens with zero attached hydrogens (tertiary/aromatic N) is 2. The van der Waals surface area contributed by atoms with E-state index in [-0.39, 0.29) is 23.8 Å². The normalized spacial score (nSPS) is 13.4. The quantitative estimate of drug-likeness (QED) is 0.745. The first kappa shape index (κ1) is 15.3. The number of aromatic nitrogens is 2. The molecule has 6 heteroatoms. The lowest BCUT2D eigenvalue weighted by atomic mass is 9.99. The fourth-order valence-corrected chi connectivity index (χ4v) is 3.02. The number of benzene rings is 2. The van der Waals surface area contributed by atoms with E-state index in [0.717, 1.165) is 11.3 Å². The number of hydrogen-bond donors (Lipinski definition) is 1. The fraction of sp³-hybridized carbons (Fsp3) is 0.158. The van der Waals surface area contributed by atoms with Gasteiger partial charge in [0.15, 0.2) is 5.78 Å². The van der Waals surface area contributed by atoms with E-state index in [1.165, 1.54) is 10.9 Å². The van der Waals surface area contributed by atoms with E-state index in [1.807, 2.05) is 6.07 Å². The molecular formula is C19H15N3O3. The first-order valence-corrected chi connectivity index (χ1v) is 8.02. The predicted octanol–water partition coefficient (Wildman–Crippen LogP) is 2.16. The van der Waals surface area contributed by atoms with Crippen molar-refractivity contribution in [2.75, 3.05) is 5.32 Å². The highest BCUT2D eigenvalue weighted by atomic mass is 16.2. The maximum Gasteiger partial charge on any atom is 0.261 e. The summed E-state index contributed by atoms with van der Waals surface area (Å²) in [5.74, 6) is -0.181. The van der Waals surface area contributed by atoms with E-state index in [0.29, 0.717) is 29.3 Å². The molecule has 1 aromatic heterocycles. The third-order valence-corrected chi connectivity index (χ3v) is 4.37. The minimum atomic E-state index is -0.232. The lowest BCUT2D eigenvalue weighted by Crippen LogP contribution is -2.25. The standard InChI is InChI=1S/C19H15N3O3/c23-17(13-5-7-15-12(9-13)6-8-18(24)21-15)10-22-11-20-16-4-2-1-3-14(16)19(22)25/h1-5,7,9,11H,6,8,10H2,(H,21,24). The second-order valence-corrected chi connectivity index (χ2v) is 6.04. The highest BCUT2D eigenvalue weighted by Crippen LogP contribution is 2.23. The van der Waals surface area contributed by atoms with Crippen LogP contribution in [0.1, 0.15) is 22.3 Å². The Morgan fingerprint density at radius 1 is 1.12 bits per heavy atom. The number of fused-ring (bicyclic) bond motifs is 2. The lowest BCUT2D eigenvalue weighted by molar-refractivity contribution is -0.116. The second kappa shape index (κ2) is 5.98. The molecular weight excluding hydrogens is 318 g/mol. The zero-order valence-electron chi connectivity index (χ0n) is 13.4. The van der Waals surface area contributed by atoms with Crippen molar-refractivity contribution in [3.63, 3.8) is 0 Å². The topological polar surface area (TPSA) is 81.1 Å². The average molecular weight is 333 g/mol. The second-order valence-electron chi connectivity index (χ2n) is 6.04. The molecule has 0 atom stereocenters. The Bertz CT molecular complexity index is 1070. The van der Waals surface area contributed by atoms with Gasteiger partial charge < -0.3 is 5.32 Å². The largest absolute Gasteiger partial charge is 0.326 e. The van der Waals surface area contributed by atoms with Crippen LogP contribution >= 0.6 is 0 Å². The molecule has 6 nitrogen and oxygen atoms in total. The maximum absolute atomic E-state index is 12.6. The van der Waals surface area contributed by atoms with Crippen LogP contribution in [0.25, 0.3) is 10.9 Å². The Labute approximate surface area is 143 Å². The average Bonchev–Trinajstić information content (AvgIpc) is 2.63. The van der Waals surface area contributed by atoms with Crippen molar-refractivity contribution in [3.8, 4) is 0 Å². The van der Waals surface area contributed by atoms with Gasteiger partial charge in [-0.2, -0.15) is 0 Å². The van der Waals surface area contributed by atoms with E-state index in [1.54, 1.807) is 36.4 Å². The molecule has 0 aliphatic carbocycles. The van der Waals surface area contributed by atoms with E-state index >= 15 is 0 Å². The van der Waals surface area contributed by atoms with Crippen molar-refractivity contribution in [1.82, 2.24) is 9.55 Å². The minimum absolute atomic E-state index is 0.0135. The van der Waals surface area contributed by atoms with Gasteiger partial charge in [-0.1, -0.05) is 12.1 Å². The summed E-state index contributed by atoms with van der Waals surface area (Å²) >= 11 is 0. The van der Waals surface area contributed by atoms with Gasteiger partial charge in [0.25, 0.3) is 5.56 Å². The summed E-state index contributed by atoms with van der Waals surface area (Å²) in [5.41, 5.74) is 2.59. The molecule has 1 aliphatic rings. The Kier molecular flexibility index (Phi) is 3.65. The van der Waals surface area contributed by atoms with Gasteiger partial charge >= 0.3 is 0 Å². The SMILES string of the molecule is O=C1CCc2cc(C(=O)Cn3cnc4ccccc4c3=O)ccc2N1. The molecule has 0 saturated heterocycles. The van der Waals surface area contributed by atoms with Crippen molar-refractivity contribution in [1.29, 1.82) is 0 Å². The zero-order chi connectivity index (χ0) is 17.4. The van der Waals surface area contributed by atoms with Crippen molar-refractivity contribution in [2.45, 2.75) is 19.4 Å². The number of anilines is 1. The number of rotatable bonds is 3. The van der Waals surface area contributed by atoms with E-state index in [9.17, 15) is 14.4 Å². The van der Waals surface area contributed by atoms with Crippen LogP contribution in [0.5, 0.6) is 0 Å². The predicted molar refractivity (Wildman–Crippen MR) is 93.7 cm³/mol. The molecule has 0 saturated carbocycles. The van der Waals surface area contributed by atoms with Crippen LogP contribution in [0.4, 0.5) is 5.69 Å². The molecule has 0 fully saturated rings. The van der Waals surface area contributed by atoms with Crippen molar-refractivity contribution >= 4 is 28.3 Å². The molecule has 1 amide bonds. The number of para-hydroxylation sites is 1. The highest BCUT2D eigenvalue weighted by molar-refractivity contribution is 5.99. The molecule has 25 heavy (non-hydrogen) atoms. The van der Waals surface area contributed by atoms with Gasteiger partial charge in [0.2, 0.25) is 5.91 Å². The summed E-state index contributed by atoms with van der Waals surface area (Å²) in [4.78, 5) is 40.7. The molecule has 4 rings (SSSR count). The molecule has 1 N–H and O–H groups in total. The van der Waals surface area contributed by atoms with Crippen molar-refractivity contribution in [2.24, 2.45) is 0 Å². The zero-order valence-corrected chi connectivity index (χ0v) is 13.4. The lowest BCUT2D eigenvalue weighted by Gasteiger charge is -2.17. The van der Waals surface area contributed by atoms with Crippen LogP contribution in [0.15, 0.2) is 53.6 Å². The molecule has 2 heterocycles. The van der Waals surface area contributed by atoms with Crippen LogP contribution in [-0.4, -0.2) is 21.2 Å². The Hall–Kier alpha value is -3.28.